The summed E-state index contributed by atoms with van der Waals surface area (Å²) < 4.78 is 5.13. The molecule has 0 aliphatic heterocycles. The number of hydrogen-bond donors (Lipinski definition) is 2. The molecule has 0 unspecified atom stereocenters. The molecule has 0 aliphatic carbocycles. The van der Waals surface area contributed by atoms with Gasteiger partial charge in [-0.05, 0) is 26.0 Å². The lowest BCUT2D eigenvalue weighted by molar-refractivity contribution is 0.0950. The Balaban J connectivity index is 2.39. The average molecular weight is 293 g/mol. The molecule has 0 atom stereocenters. The lowest BCUT2D eigenvalue weighted by atomic mass is 10.2. The van der Waals surface area contributed by atoms with Crippen molar-refractivity contribution in [1.29, 1.82) is 0 Å². The van der Waals surface area contributed by atoms with Crippen molar-refractivity contribution < 1.29 is 14.3 Å². The van der Waals surface area contributed by atoms with E-state index >= 15 is 0 Å². The molecule has 0 aromatic heterocycles. The number of carbonyl (C=O) groups is 2. The van der Waals surface area contributed by atoms with Gasteiger partial charge in [0.1, 0.15) is 5.75 Å². The van der Waals surface area contributed by atoms with Gasteiger partial charge in [0.15, 0.2) is 0 Å². The van der Waals surface area contributed by atoms with E-state index in [9.17, 15) is 9.59 Å². The molecule has 6 heteroatoms. The van der Waals surface area contributed by atoms with Crippen LogP contribution in [-0.4, -0.2) is 50.1 Å². The number of nitrogens with one attached hydrogen (secondary N) is 2. The molecule has 0 spiro atoms. The third kappa shape index (κ3) is 4.98. The highest BCUT2D eigenvalue weighted by Gasteiger charge is 2.11. The summed E-state index contributed by atoms with van der Waals surface area (Å²) in [5, 5.41) is 5.51. The maximum absolute atomic E-state index is 12.0. The Morgan fingerprint density at radius 1 is 1.10 bits per heavy atom. The molecule has 2 N–H and O–H groups in total. The van der Waals surface area contributed by atoms with Gasteiger partial charge in [-0.15, -0.1) is 0 Å². The molecule has 0 radical (unpaired) electrons. The molecule has 1 aromatic carbocycles. The monoisotopic (exact) mass is 293 g/mol. The lowest BCUT2D eigenvalue weighted by Crippen LogP contribution is -2.42. The van der Waals surface area contributed by atoms with Gasteiger partial charge in [0.25, 0.3) is 5.91 Å². The Labute approximate surface area is 125 Å². The number of ether oxygens (including phenoxy) is 1. The first-order chi connectivity index (χ1) is 10.1. The van der Waals surface area contributed by atoms with Crippen molar-refractivity contribution in [2.45, 2.75) is 13.8 Å². The van der Waals surface area contributed by atoms with Crippen molar-refractivity contribution in [3.05, 3.63) is 29.8 Å². The summed E-state index contributed by atoms with van der Waals surface area (Å²) in [5.41, 5.74) is 0.482. The van der Waals surface area contributed by atoms with Crippen LogP contribution in [0.2, 0.25) is 0 Å². The van der Waals surface area contributed by atoms with Crippen LogP contribution < -0.4 is 15.4 Å². The highest BCUT2D eigenvalue weighted by Crippen LogP contribution is 2.16. The Hall–Kier alpha value is -2.24. The van der Waals surface area contributed by atoms with E-state index in [1.54, 1.807) is 29.2 Å². The largest absolute Gasteiger partial charge is 0.496 e. The number of nitrogens with zero attached hydrogens (tertiary/aromatic N) is 1. The molecule has 116 valence electrons. The number of urea groups is 1. The number of carbonyl (C=O) groups excluding carboxylic acids is 2. The smallest absolute Gasteiger partial charge is 0.317 e. The zero-order chi connectivity index (χ0) is 15.7. The molecule has 21 heavy (non-hydrogen) atoms. The van der Waals surface area contributed by atoms with Crippen LogP contribution in [0.3, 0.4) is 0 Å². The average Bonchev–Trinajstić information content (AvgIpc) is 2.52. The molecular weight excluding hydrogens is 270 g/mol. The molecular formula is C15H23N3O3. The molecule has 0 aliphatic rings. The van der Waals surface area contributed by atoms with Crippen molar-refractivity contribution in [3.8, 4) is 5.75 Å². The Bertz CT molecular complexity index is 473. The molecule has 0 fully saturated rings. The van der Waals surface area contributed by atoms with Gasteiger partial charge in [0, 0.05) is 26.2 Å². The molecule has 0 saturated carbocycles. The summed E-state index contributed by atoms with van der Waals surface area (Å²) in [7, 11) is 1.52. The fourth-order valence-corrected chi connectivity index (χ4v) is 1.90. The molecule has 3 amide bonds. The molecule has 6 nitrogen and oxygen atoms in total. The quantitative estimate of drug-likeness (QED) is 0.748. The number of hydrogen-bond acceptors (Lipinski definition) is 3. The summed E-state index contributed by atoms with van der Waals surface area (Å²) >= 11 is 0. The highest BCUT2D eigenvalue weighted by molar-refractivity contribution is 5.96. The van der Waals surface area contributed by atoms with E-state index in [0.29, 0.717) is 37.5 Å². The van der Waals surface area contributed by atoms with Gasteiger partial charge in [-0.1, -0.05) is 12.1 Å². The highest BCUT2D eigenvalue weighted by atomic mass is 16.5. The van der Waals surface area contributed by atoms with E-state index in [2.05, 4.69) is 10.6 Å². The molecule has 1 aromatic rings. The van der Waals surface area contributed by atoms with Crippen LogP contribution in [-0.2, 0) is 0 Å². The summed E-state index contributed by atoms with van der Waals surface area (Å²) in [6.07, 6.45) is 0. The van der Waals surface area contributed by atoms with E-state index in [1.165, 1.54) is 7.11 Å². The van der Waals surface area contributed by atoms with Crippen LogP contribution in [0.5, 0.6) is 5.75 Å². The predicted molar refractivity (Wildman–Crippen MR) is 81.6 cm³/mol. The Morgan fingerprint density at radius 2 is 1.71 bits per heavy atom. The first kappa shape index (κ1) is 16.8. The van der Waals surface area contributed by atoms with Gasteiger partial charge in [0.2, 0.25) is 0 Å². The van der Waals surface area contributed by atoms with E-state index in [-0.39, 0.29) is 11.9 Å². The second-order valence-corrected chi connectivity index (χ2v) is 4.36. The van der Waals surface area contributed by atoms with Crippen molar-refractivity contribution in [2.75, 3.05) is 33.3 Å². The lowest BCUT2D eigenvalue weighted by Gasteiger charge is -2.19. The number of methoxy groups -OCH3 is 1. The van der Waals surface area contributed by atoms with Gasteiger partial charge in [0.05, 0.1) is 12.7 Å². The van der Waals surface area contributed by atoms with E-state index in [1.807, 2.05) is 13.8 Å². The summed E-state index contributed by atoms with van der Waals surface area (Å²) in [6, 6.07) is 6.89. The van der Waals surface area contributed by atoms with Crippen LogP contribution >= 0.6 is 0 Å². The summed E-state index contributed by atoms with van der Waals surface area (Å²) in [6.45, 7) is 5.92. The Kier molecular flexibility index (Phi) is 7.08. The predicted octanol–water partition coefficient (Wildman–Crippen LogP) is 1.48. The standard InChI is InChI=1S/C15H23N3O3/c1-4-18(5-2)15(20)17-11-10-16-14(19)12-8-6-7-9-13(12)21-3/h6-9H,4-5,10-11H2,1-3H3,(H,16,19)(H,17,20). The number of benzene rings is 1. The van der Waals surface area contributed by atoms with Crippen LogP contribution in [0.25, 0.3) is 0 Å². The maximum Gasteiger partial charge on any atom is 0.317 e. The van der Waals surface area contributed by atoms with Crippen LogP contribution in [0, 0.1) is 0 Å². The maximum atomic E-state index is 12.0. The zero-order valence-corrected chi connectivity index (χ0v) is 12.8. The van der Waals surface area contributed by atoms with E-state index in [4.69, 9.17) is 4.74 Å². The van der Waals surface area contributed by atoms with Gasteiger partial charge >= 0.3 is 6.03 Å². The topological polar surface area (TPSA) is 70.7 Å². The second-order valence-electron chi connectivity index (χ2n) is 4.36. The van der Waals surface area contributed by atoms with Crippen LogP contribution in [0.4, 0.5) is 4.79 Å². The number of rotatable bonds is 7. The number of amides is 3. The first-order valence-corrected chi connectivity index (χ1v) is 7.08. The number of para-hydroxylation sites is 1. The van der Waals surface area contributed by atoms with Crippen molar-refractivity contribution in [3.63, 3.8) is 0 Å². The molecule has 0 bridgehead atoms. The van der Waals surface area contributed by atoms with Gasteiger partial charge < -0.3 is 20.3 Å². The minimum absolute atomic E-state index is 0.119. The minimum Gasteiger partial charge on any atom is -0.496 e. The van der Waals surface area contributed by atoms with Crippen molar-refractivity contribution >= 4 is 11.9 Å². The fraction of sp³-hybridized carbons (Fsp3) is 0.467. The minimum atomic E-state index is -0.218. The van der Waals surface area contributed by atoms with Crippen LogP contribution in [0.15, 0.2) is 24.3 Å². The summed E-state index contributed by atoms with van der Waals surface area (Å²) in [4.78, 5) is 25.4. The van der Waals surface area contributed by atoms with E-state index in [0.717, 1.165) is 0 Å². The van der Waals surface area contributed by atoms with Crippen LogP contribution in [0.1, 0.15) is 24.2 Å². The molecule has 0 heterocycles. The molecule has 1 rings (SSSR count). The summed E-state index contributed by atoms with van der Waals surface area (Å²) in [5.74, 6) is 0.312. The van der Waals surface area contributed by atoms with Gasteiger partial charge in [-0.3, -0.25) is 4.79 Å². The first-order valence-electron chi connectivity index (χ1n) is 7.08. The zero-order valence-electron chi connectivity index (χ0n) is 12.8. The Morgan fingerprint density at radius 3 is 2.33 bits per heavy atom. The van der Waals surface area contributed by atoms with Gasteiger partial charge in [-0.2, -0.15) is 0 Å². The fourth-order valence-electron chi connectivity index (χ4n) is 1.90. The van der Waals surface area contributed by atoms with E-state index < -0.39 is 0 Å². The third-order valence-electron chi connectivity index (χ3n) is 3.09. The normalized spacial score (nSPS) is 9.86. The molecule has 0 saturated heterocycles. The third-order valence-corrected chi connectivity index (χ3v) is 3.09. The SMILES string of the molecule is CCN(CC)C(=O)NCCNC(=O)c1ccccc1OC. The second kappa shape index (κ2) is 8.84. The van der Waals surface area contributed by atoms with Crippen molar-refractivity contribution in [2.24, 2.45) is 0 Å². The van der Waals surface area contributed by atoms with Crippen molar-refractivity contribution in [1.82, 2.24) is 15.5 Å². The van der Waals surface area contributed by atoms with Gasteiger partial charge in [-0.25, -0.2) is 4.79 Å².